The monoisotopic (exact) mass is 286 g/mol. The number of allylic oxidation sites excluding steroid dienone is 2. The van der Waals surface area contributed by atoms with Gasteiger partial charge in [0.25, 0.3) is 0 Å². The van der Waals surface area contributed by atoms with Crippen molar-refractivity contribution in [1.82, 2.24) is 0 Å². The minimum absolute atomic E-state index is 0.126. The number of hydrogen-bond donors (Lipinski definition) is 1. The summed E-state index contributed by atoms with van der Waals surface area (Å²) >= 11 is 0. The smallest absolute Gasteiger partial charge is 0.239 e. The maximum Gasteiger partial charge on any atom is 0.239 e. The van der Waals surface area contributed by atoms with E-state index in [0.29, 0.717) is 0 Å². The Hall–Kier alpha value is -2.82. The Balaban J connectivity index is 2.27. The molecule has 0 heterocycles. The van der Waals surface area contributed by atoms with Crippen molar-refractivity contribution in [1.29, 1.82) is 0 Å². The molecule has 1 aliphatic rings. The minimum Gasteiger partial charge on any atom is -0.504 e. The van der Waals surface area contributed by atoms with Crippen LogP contribution in [0.25, 0.3) is 6.08 Å². The van der Waals surface area contributed by atoms with E-state index in [0.717, 1.165) is 5.56 Å². The first-order valence-corrected chi connectivity index (χ1v) is 6.18. The first-order chi connectivity index (χ1) is 10.1. The molecule has 0 aromatic heterocycles. The fourth-order valence-electron chi connectivity index (χ4n) is 1.97. The SMILES string of the molecule is COC1=C(OC)C(O)=C(C(=O)/C=C/c2ccccc2)C1=O. The third-order valence-electron chi connectivity index (χ3n) is 2.97. The Kier molecular flexibility index (Phi) is 4.23. The lowest BCUT2D eigenvalue weighted by molar-refractivity contribution is -0.119. The van der Waals surface area contributed by atoms with Crippen LogP contribution < -0.4 is 0 Å². The van der Waals surface area contributed by atoms with Crippen LogP contribution in [0, 0.1) is 0 Å². The molecule has 0 atom stereocenters. The van der Waals surface area contributed by atoms with Gasteiger partial charge in [0.15, 0.2) is 11.5 Å². The summed E-state index contributed by atoms with van der Waals surface area (Å²) in [4.78, 5) is 24.1. The number of ketones is 2. The molecular formula is C16H14O5. The summed E-state index contributed by atoms with van der Waals surface area (Å²) in [6, 6.07) is 9.14. The van der Waals surface area contributed by atoms with Crippen molar-refractivity contribution in [2.24, 2.45) is 0 Å². The molecule has 0 radical (unpaired) electrons. The first kappa shape index (κ1) is 14.6. The third kappa shape index (κ3) is 2.72. The number of rotatable bonds is 5. The molecule has 0 bridgehead atoms. The van der Waals surface area contributed by atoms with Gasteiger partial charge in [-0.2, -0.15) is 0 Å². The van der Waals surface area contributed by atoms with Gasteiger partial charge in [-0.15, -0.1) is 0 Å². The maximum absolute atomic E-state index is 12.1. The van der Waals surface area contributed by atoms with Crippen molar-refractivity contribution >= 4 is 17.6 Å². The number of carbonyl (C=O) groups excluding carboxylic acids is 2. The number of Topliss-reactive ketones (excluding diaryl/α,β-unsaturated/α-hetero) is 1. The molecule has 5 nitrogen and oxygen atoms in total. The second-order valence-electron chi connectivity index (χ2n) is 4.23. The Morgan fingerprint density at radius 1 is 1.10 bits per heavy atom. The van der Waals surface area contributed by atoms with E-state index in [1.807, 2.05) is 30.3 Å². The van der Waals surface area contributed by atoms with Crippen LogP contribution in [0.2, 0.25) is 0 Å². The van der Waals surface area contributed by atoms with Gasteiger partial charge in [-0.1, -0.05) is 36.4 Å². The molecule has 21 heavy (non-hydrogen) atoms. The number of carbonyl (C=O) groups is 2. The zero-order valence-electron chi connectivity index (χ0n) is 11.6. The molecule has 0 amide bonds. The van der Waals surface area contributed by atoms with Gasteiger partial charge in [0.2, 0.25) is 17.3 Å². The Morgan fingerprint density at radius 2 is 1.71 bits per heavy atom. The molecule has 0 aliphatic heterocycles. The summed E-state index contributed by atoms with van der Waals surface area (Å²) in [7, 11) is 2.55. The number of aliphatic hydroxyl groups is 1. The molecule has 5 heteroatoms. The molecule has 0 saturated heterocycles. The quantitative estimate of drug-likeness (QED) is 0.663. The van der Waals surface area contributed by atoms with Crippen molar-refractivity contribution in [2.45, 2.75) is 0 Å². The zero-order valence-corrected chi connectivity index (χ0v) is 11.6. The van der Waals surface area contributed by atoms with Gasteiger partial charge in [0.1, 0.15) is 5.57 Å². The standard InChI is InChI=1S/C16H14O5/c1-20-15-13(18)12(14(19)16(15)21-2)11(17)9-8-10-6-4-3-5-7-10/h3-9,18H,1-2H3/b9-8+. The van der Waals surface area contributed by atoms with Crippen LogP contribution in [-0.2, 0) is 19.1 Å². The first-order valence-electron chi connectivity index (χ1n) is 6.18. The number of benzene rings is 1. The zero-order chi connectivity index (χ0) is 15.4. The lowest BCUT2D eigenvalue weighted by Crippen LogP contribution is -2.11. The van der Waals surface area contributed by atoms with E-state index >= 15 is 0 Å². The van der Waals surface area contributed by atoms with Crippen LogP contribution in [-0.4, -0.2) is 30.9 Å². The second kappa shape index (κ2) is 6.09. The molecule has 1 aromatic carbocycles. The molecule has 108 valence electrons. The van der Waals surface area contributed by atoms with E-state index < -0.39 is 17.3 Å². The van der Waals surface area contributed by atoms with Crippen LogP contribution in [0.3, 0.4) is 0 Å². The van der Waals surface area contributed by atoms with Crippen molar-refractivity contribution in [2.75, 3.05) is 14.2 Å². The van der Waals surface area contributed by atoms with Gasteiger partial charge >= 0.3 is 0 Å². The van der Waals surface area contributed by atoms with Gasteiger partial charge in [0.05, 0.1) is 14.2 Å². The lowest BCUT2D eigenvalue weighted by atomic mass is 10.1. The molecular weight excluding hydrogens is 272 g/mol. The normalized spacial score (nSPS) is 15.0. The van der Waals surface area contributed by atoms with Gasteiger partial charge < -0.3 is 14.6 Å². The second-order valence-corrected chi connectivity index (χ2v) is 4.23. The molecule has 1 aromatic rings. The summed E-state index contributed by atoms with van der Waals surface area (Å²) in [5.74, 6) is -2.09. The topological polar surface area (TPSA) is 72.8 Å². The van der Waals surface area contributed by atoms with Crippen LogP contribution >= 0.6 is 0 Å². The van der Waals surface area contributed by atoms with Crippen LogP contribution in [0.15, 0.2) is 59.3 Å². The molecule has 0 saturated carbocycles. The van der Waals surface area contributed by atoms with Crippen LogP contribution in [0.5, 0.6) is 0 Å². The Labute approximate surface area is 121 Å². The van der Waals surface area contributed by atoms with Crippen molar-refractivity contribution in [3.8, 4) is 0 Å². The van der Waals surface area contributed by atoms with Gasteiger partial charge in [-0.25, -0.2) is 0 Å². The number of ether oxygens (including phenoxy) is 2. The lowest BCUT2D eigenvalue weighted by Gasteiger charge is -2.02. The predicted molar refractivity (Wildman–Crippen MR) is 76.2 cm³/mol. The molecule has 2 rings (SSSR count). The van der Waals surface area contributed by atoms with E-state index in [4.69, 9.17) is 9.47 Å². The highest BCUT2D eigenvalue weighted by atomic mass is 16.5. The van der Waals surface area contributed by atoms with E-state index in [1.165, 1.54) is 20.3 Å². The molecule has 0 spiro atoms. The maximum atomic E-state index is 12.1. The van der Waals surface area contributed by atoms with Crippen molar-refractivity contribution in [3.63, 3.8) is 0 Å². The van der Waals surface area contributed by atoms with Gasteiger partial charge in [-0.05, 0) is 11.6 Å². The largest absolute Gasteiger partial charge is 0.504 e. The average molecular weight is 286 g/mol. The molecule has 1 aliphatic carbocycles. The molecule has 0 unspecified atom stereocenters. The minimum atomic E-state index is -0.686. The van der Waals surface area contributed by atoms with Crippen molar-refractivity contribution < 1.29 is 24.2 Å². The van der Waals surface area contributed by atoms with E-state index in [-0.39, 0.29) is 17.1 Å². The molecule has 0 fully saturated rings. The summed E-state index contributed by atoms with van der Waals surface area (Å²) in [6.07, 6.45) is 2.79. The molecule has 1 N–H and O–H groups in total. The number of hydrogen-bond acceptors (Lipinski definition) is 5. The third-order valence-corrected chi connectivity index (χ3v) is 2.97. The Bertz CT molecular complexity index is 665. The highest BCUT2D eigenvalue weighted by Gasteiger charge is 2.38. The van der Waals surface area contributed by atoms with Crippen LogP contribution in [0.1, 0.15) is 5.56 Å². The summed E-state index contributed by atoms with van der Waals surface area (Å²) in [5, 5.41) is 9.93. The predicted octanol–water partition coefficient (Wildman–Crippen LogP) is 2.17. The van der Waals surface area contributed by atoms with E-state index in [2.05, 4.69) is 0 Å². The van der Waals surface area contributed by atoms with Crippen LogP contribution in [0.4, 0.5) is 0 Å². The van der Waals surface area contributed by atoms with E-state index in [1.54, 1.807) is 6.08 Å². The fourth-order valence-corrected chi connectivity index (χ4v) is 1.97. The number of methoxy groups -OCH3 is 2. The highest BCUT2D eigenvalue weighted by Crippen LogP contribution is 2.29. The average Bonchev–Trinajstić information content (AvgIpc) is 2.75. The van der Waals surface area contributed by atoms with E-state index in [9.17, 15) is 14.7 Å². The van der Waals surface area contributed by atoms with Gasteiger partial charge in [0, 0.05) is 0 Å². The summed E-state index contributed by atoms with van der Waals surface area (Å²) in [6.45, 7) is 0. The Morgan fingerprint density at radius 3 is 2.24 bits per heavy atom. The van der Waals surface area contributed by atoms with Gasteiger partial charge in [-0.3, -0.25) is 9.59 Å². The summed E-state index contributed by atoms with van der Waals surface area (Å²) in [5.41, 5.74) is 0.458. The highest BCUT2D eigenvalue weighted by molar-refractivity contribution is 6.31. The summed E-state index contributed by atoms with van der Waals surface area (Å²) < 4.78 is 9.76. The van der Waals surface area contributed by atoms with Crippen molar-refractivity contribution in [3.05, 3.63) is 64.8 Å². The fraction of sp³-hybridized carbons (Fsp3) is 0.125. The number of aliphatic hydroxyl groups excluding tert-OH is 1.